The van der Waals surface area contributed by atoms with Crippen molar-refractivity contribution in [2.75, 3.05) is 14.2 Å². The molecule has 0 saturated carbocycles. The van der Waals surface area contributed by atoms with Crippen LogP contribution in [0, 0.1) is 11.3 Å². The molecule has 0 fully saturated rings. The molecule has 0 aliphatic carbocycles. The third kappa shape index (κ3) is 5.12. The zero-order valence-corrected chi connectivity index (χ0v) is 12.6. The van der Waals surface area contributed by atoms with Crippen molar-refractivity contribution in [2.45, 2.75) is 0 Å². The molecule has 1 radical (unpaired) electrons. The Morgan fingerprint density at radius 3 is 2.53 bits per heavy atom. The molecular weight excluding hydrogens is 293 g/mol. The fourth-order valence-electron chi connectivity index (χ4n) is 1.06. The summed E-state index contributed by atoms with van der Waals surface area (Å²) in [7, 11) is 3.16. The minimum Gasteiger partial charge on any atom is -0.465 e. The number of nitrogens with zero attached hydrogens (tertiary/aromatic N) is 2. The van der Waals surface area contributed by atoms with E-state index >= 15 is 0 Å². The smallest absolute Gasteiger partial charge is 0.348 e. The number of hydrogen-bond acceptors (Lipinski definition) is 4. The standard InChI is InChI=1S/C12H12N2O2.Y/c1-14-7-5-10(6-8-14)3-4-11(9-13)12(15)16-2;/h3-8H,1-2H3;. The van der Waals surface area contributed by atoms with E-state index < -0.39 is 5.97 Å². The summed E-state index contributed by atoms with van der Waals surface area (Å²) in [5.41, 5.74) is 0.894. The first-order valence-electron chi connectivity index (χ1n) is 4.66. The van der Waals surface area contributed by atoms with Crippen LogP contribution in [0.4, 0.5) is 0 Å². The van der Waals surface area contributed by atoms with E-state index in [1.807, 2.05) is 36.5 Å². The molecule has 0 spiro atoms. The second kappa shape index (κ2) is 7.99. The Labute approximate surface area is 126 Å². The average molecular weight is 305 g/mol. The maximum atomic E-state index is 11.1. The van der Waals surface area contributed by atoms with Gasteiger partial charge in [0.25, 0.3) is 0 Å². The van der Waals surface area contributed by atoms with Gasteiger partial charge in [-0.2, -0.15) is 5.26 Å². The Bertz CT molecular complexity index is 426. The third-order valence-electron chi connectivity index (χ3n) is 1.97. The summed E-state index contributed by atoms with van der Waals surface area (Å²) in [5, 5.41) is 8.71. The number of hydrogen-bond donors (Lipinski definition) is 0. The fraction of sp³-hybridized carbons (Fsp3) is 0.167. The van der Waals surface area contributed by atoms with Crippen LogP contribution in [0.1, 0.15) is 0 Å². The second-order valence-corrected chi connectivity index (χ2v) is 3.15. The van der Waals surface area contributed by atoms with Gasteiger partial charge in [0.1, 0.15) is 11.6 Å². The first-order chi connectivity index (χ1) is 7.67. The number of allylic oxidation sites excluding steroid dienone is 5. The number of carbonyl (C=O) groups excluding carboxylic acids is 1. The van der Waals surface area contributed by atoms with Crippen molar-refractivity contribution in [3.8, 4) is 6.07 Å². The van der Waals surface area contributed by atoms with Gasteiger partial charge in [0.2, 0.25) is 0 Å². The van der Waals surface area contributed by atoms with Crippen molar-refractivity contribution in [3.05, 3.63) is 47.9 Å². The molecule has 0 atom stereocenters. The van der Waals surface area contributed by atoms with Gasteiger partial charge in [0.15, 0.2) is 0 Å². The van der Waals surface area contributed by atoms with Gasteiger partial charge in [0, 0.05) is 52.2 Å². The molecule has 1 rings (SSSR count). The Kier molecular flexibility index (Phi) is 7.44. The first-order valence-corrected chi connectivity index (χ1v) is 4.66. The van der Waals surface area contributed by atoms with E-state index in [0.29, 0.717) is 0 Å². The van der Waals surface area contributed by atoms with Crippen molar-refractivity contribution in [3.63, 3.8) is 0 Å². The predicted molar refractivity (Wildman–Crippen MR) is 59.8 cm³/mol. The molecule has 4 nitrogen and oxygen atoms in total. The number of carbonyl (C=O) groups is 1. The molecule has 0 aromatic heterocycles. The number of ether oxygens (including phenoxy) is 1. The van der Waals surface area contributed by atoms with E-state index in [2.05, 4.69) is 4.74 Å². The van der Waals surface area contributed by atoms with Crippen molar-refractivity contribution in [2.24, 2.45) is 0 Å². The number of esters is 1. The van der Waals surface area contributed by atoms with Gasteiger partial charge in [-0.3, -0.25) is 0 Å². The normalized spacial score (nSPS) is 13.8. The fourth-order valence-corrected chi connectivity index (χ4v) is 1.06. The van der Waals surface area contributed by atoms with Crippen LogP contribution < -0.4 is 0 Å². The summed E-state index contributed by atoms with van der Waals surface area (Å²) in [4.78, 5) is 13.0. The van der Waals surface area contributed by atoms with Crippen LogP contribution in [0.2, 0.25) is 0 Å². The number of methoxy groups -OCH3 is 1. The molecule has 1 heterocycles. The Morgan fingerprint density at radius 2 is 2.06 bits per heavy atom. The Balaban J connectivity index is 0.00000256. The summed E-state index contributed by atoms with van der Waals surface area (Å²) in [6, 6.07) is 1.78. The summed E-state index contributed by atoms with van der Waals surface area (Å²) >= 11 is 0. The summed E-state index contributed by atoms with van der Waals surface area (Å²) < 4.78 is 4.46. The molecule has 5 heteroatoms. The van der Waals surface area contributed by atoms with Gasteiger partial charge < -0.3 is 9.64 Å². The number of rotatable bonds is 2. The minimum absolute atomic E-state index is 0. The van der Waals surface area contributed by atoms with E-state index in [-0.39, 0.29) is 38.3 Å². The Morgan fingerprint density at radius 1 is 1.47 bits per heavy atom. The van der Waals surface area contributed by atoms with E-state index in [4.69, 9.17) is 5.26 Å². The van der Waals surface area contributed by atoms with Crippen LogP contribution in [-0.4, -0.2) is 25.0 Å². The summed E-state index contributed by atoms with van der Waals surface area (Å²) in [6.45, 7) is 0. The summed E-state index contributed by atoms with van der Waals surface area (Å²) in [6.07, 6.45) is 10.6. The molecular formula is C12H12N2O2Y. The van der Waals surface area contributed by atoms with E-state index in [1.54, 1.807) is 12.1 Å². The molecule has 0 aromatic rings. The second-order valence-electron chi connectivity index (χ2n) is 3.15. The van der Waals surface area contributed by atoms with E-state index in [1.165, 1.54) is 13.2 Å². The van der Waals surface area contributed by atoms with Crippen LogP contribution in [0.25, 0.3) is 0 Å². The van der Waals surface area contributed by atoms with Crippen molar-refractivity contribution in [1.82, 2.24) is 4.90 Å². The number of nitriles is 1. The predicted octanol–water partition coefficient (Wildman–Crippen LogP) is 1.51. The molecule has 1 aliphatic heterocycles. The van der Waals surface area contributed by atoms with Gasteiger partial charge in [-0.15, -0.1) is 0 Å². The first kappa shape index (κ1) is 15.8. The molecule has 0 aromatic carbocycles. The van der Waals surface area contributed by atoms with Crippen molar-refractivity contribution < 1.29 is 42.2 Å². The SMILES string of the molecule is COC(=O)C(C#N)=CC=C1C=CN(C)C=C1.[Y]. The van der Waals surface area contributed by atoms with Crippen LogP contribution >= 0.6 is 0 Å². The largest absolute Gasteiger partial charge is 0.465 e. The molecule has 0 bridgehead atoms. The van der Waals surface area contributed by atoms with Gasteiger partial charge >= 0.3 is 5.97 Å². The maximum Gasteiger partial charge on any atom is 0.348 e. The average Bonchev–Trinajstić information content (AvgIpc) is 2.31. The monoisotopic (exact) mass is 305 g/mol. The molecule has 0 unspecified atom stereocenters. The molecule has 17 heavy (non-hydrogen) atoms. The van der Waals surface area contributed by atoms with Crippen LogP contribution in [-0.2, 0) is 42.2 Å². The molecule has 1 aliphatic rings. The van der Waals surface area contributed by atoms with Gasteiger partial charge in [-0.1, -0.05) is 6.08 Å². The van der Waals surface area contributed by atoms with Gasteiger partial charge in [0.05, 0.1) is 7.11 Å². The van der Waals surface area contributed by atoms with Crippen molar-refractivity contribution in [1.29, 1.82) is 5.26 Å². The molecule has 0 amide bonds. The zero-order valence-electron chi connectivity index (χ0n) is 9.75. The summed E-state index contributed by atoms with van der Waals surface area (Å²) in [5.74, 6) is -0.625. The van der Waals surface area contributed by atoms with Crippen molar-refractivity contribution >= 4 is 5.97 Å². The quantitative estimate of drug-likeness (QED) is 0.441. The molecule has 0 saturated heterocycles. The Hall–Kier alpha value is -1.18. The minimum atomic E-state index is -0.625. The van der Waals surface area contributed by atoms with Crippen LogP contribution in [0.5, 0.6) is 0 Å². The maximum absolute atomic E-state index is 11.1. The topological polar surface area (TPSA) is 53.3 Å². The van der Waals surface area contributed by atoms with Crippen LogP contribution in [0.3, 0.4) is 0 Å². The van der Waals surface area contributed by atoms with Crippen LogP contribution in [0.15, 0.2) is 47.9 Å². The third-order valence-corrected chi connectivity index (χ3v) is 1.97. The molecule has 85 valence electrons. The molecule has 0 N–H and O–H groups in total. The van der Waals surface area contributed by atoms with Gasteiger partial charge in [-0.25, -0.2) is 4.79 Å². The van der Waals surface area contributed by atoms with E-state index in [0.717, 1.165) is 5.57 Å². The van der Waals surface area contributed by atoms with Gasteiger partial charge in [-0.05, 0) is 23.8 Å². The van der Waals surface area contributed by atoms with E-state index in [9.17, 15) is 4.79 Å². The zero-order chi connectivity index (χ0) is 12.0.